The van der Waals surface area contributed by atoms with Crippen molar-refractivity contribution in [3.05, 3.63) is 52.5 Å². The largest absolute Gasteiger partial charge is 0.339 e. The van der Waals surface area contributed by atoms with E-state index in [9.17, 15) is 14.4 Å². The van der Waals surface area contributed by atoms with E-state index in [0.717, 1.165) is 19.3 Å². The van der Waals surface area contributed by atoms with Crippen molar-refractivity contribution in [2.24, 2.45) is 0 Å². The fourth-order valence-electron chi connectivity index (χ4n) is 3.15. The maximum Gasteiger partial charge on any atom is 0.270 e. The predicted octanol–water partition coefficient (Wildman–Crippen LogP) is 0.968. The Hall–Kier alpha value is -3.03. The maximum absolute atomic E-state index is 12.7. The molecule has 0 aromatic carbocycles. The second-order valence-corrected chi connectivity index (χ2v) is 6.66. The standard InChI is InChI=1S/C18H19N5O3/c24-15-9-14(20-16(22-15)11-5-6-11)17(25)21-13-4-2-8-23(18(13)26)12-3-1-7-19-10-12/h1,3,7,9-11,13H,2,4-6,8H2,(H,21,25)(H,20,22,24). The van der Waals surface area contributed by atoms with Crippen molar-refractivity contribution in [1.82, 2.24) is 20.3 Å². The minimum absolute atomic E-state index is 0.0574. The van der Waals surface area contributed by atoms with Crippen molar-refractivity contribution >= 4 is 17.5 Å². The van der Waals surface area contributed by atoms with Gasteiger partial charge in [0.15, 0.2) is 0 Å². The molecule has 8 heteroatoms. The maximum atomic E-state index is 12.7. The first kappa shape index (κ1) is 16.4. The van der Waals surface area contributed by atoms with Crippen LogP contribution in [0.3, 0.4) is 0 Å². The van der Waals surface area contributed by atoms with Gasteiger partial charge in [0.05, 0.1) is 11.9 Å². The first-order chi connectivity index (χ1) is 12.6. The molecule has 4 rings (SSSR count). The Bertz CT molecular complexity index is 891. The first-order valence-corrected chi connectivity index (χ1v) is 8.75. The lowest BCUT2D eigenvalue weighted by atomic mass is 10.0. The van der Waals surface area contributed by atoms with Crippen LogP contribution in [0.1, 0.15) is 47.9 Å². The van der Waals surface area contributed by atoms with Gasteiger partial charge in [0.25, 0.3) is 11.5 Å². The van der Waals surface area contributed by atoms with Gasteiger partial charge in [0.2, 0.25) is 5.91 Å². The lowest BCUT2D eigenvalue weighted by molar-refractivity contribution is -0.121. The van der Waals surface area contributed by atoms with Crippen molar-refractivity contribution in [3.8, 4) is 0 Å². The van der Waals surface area contributed by atoms with Gasteiger partial charge < -0.3 is 15.2 Å². The van der Waals surface area contributed by atoms with Crippen LogP contribution in [0, 0.1) is 0 Å². The molecular formula is C18H19N5O3. The summed E-state index contributed by atoms with van der Waals surface area (Å²) < 4.78 is 0. The van der Waals surface area contributed by atoms with Crippen LogP contribution in [0.2, 0.25) is 0 Å². The molecule has 2 aromatic rings. The van der Waals surface area contributed by atoms with Gasteiger partial charge in [-0.05, 0) is 37.8 Å². The number of carbonyl (C=O) groups excluding carboxylic acids is 2. The Morgan fingerprint density at radius 3 is 2.85 bits per heavy atom. The summed E-state index contributed by atoms with van der Waals surface area (Å²) >= 11 is 0. The van der Waals surface area contributed by atoms with Crippen molar-refractivity contribution < 1.29 is 9.59 Å². The molecule has 2 fully saturated rings. The lowest BCUT2D eigenvalue weighted by Crippen LogP contribution is -2.52. The van der Waals surface area contributed by atoms with E-state index in [-0.39, 0.29) is 23.1 Å². The van der Waals surface area contributed by atoms with E-state index in [0.29, 0.717) is 24.5 Å². The van der Waals surface area contributed by atoms with E-state index < -0.39 is 11.9 Å². The number of carbonyl (C=O) groups is 2. The van der Waals surface area contributed by atoms with Crippen molar-refractivity contribution in [3.63, 3.8) is 0 Å². The average Bonchev–Trinajstić information content (AvgIpc) is 3.49. The Labute approximate surface area is 149 Å². The highest BCUT2D eigenvalue weighted by molar-refractivity contribution is 6.02. The van der Waals surface area contributed by atoms with Crippen molar-refractivity contribution in [2.45, 2.75) is 37.6 Å². The van der Waals surface area contributed by atoms with Gasteiger partial charge in [-0.1, -0.05) is 0 Å². The Morgan fingerprint density at radius 2 is 2.12 bits per heavy atom. The minimum atomic E-state index is -0.637. The normalized spacial score (nSPS) is 20.1. The lowest BCUT2D eigenvalue weighted by Gasteiger charge is -2.32. The Morgan fingerprint density at radius 1 is 1.27 bits per heavy atom. The highest BCUT2D eigenvalue weighted by Crippen LogP contribution is 2.37. The van der Waals surface area contributed by atoms with Gasteiger partial charge >= 0.3 is 0 Å². The van der Waals surface area contributed by atoms with Gasteiger partial charge in [0.1, 0.15) is 17.6 Å². The summed E-state index contributed by atoms with van der Waals surface area (Å²) in [5.41, 5.74) is 0.419. The SMILES string of the molecule is O=C(NC1CCCN(c2cccnc2)C1=O)c1cc(=O)[nH]c(C2CC2)n1. The van der Waals surface area contributed by atoms with Crippen LogP contribution in [0.25, 0.3) is 0 Å². The third-order valence-electron chi connectivity index (χ3n) is 4.66. The smallest absolute Gasteiger partial charge is 0.270 e. The van der Waals surface area contributed by atoms with Gasteiger partial charge in [-0.15, -0.1) is 0 Å². The number of aromatic nitrogens is 3. The van der Waals surface area contributed by atoms with Crippen molar-refractivity contribution in [1.29, 1.82) is 0 Å². The number of pyridine rings is 1. The molecule has 1 aliphatic heterocycles. The van der Waals surface area contributed by atoms with Crippen LogP contribution < -0.4 is 15.8 Å². The molecular weight excluding hydrogens is 334 g/mol. The zero-order chi connectivity index (χ0) is 18.1. The molecule has 8 nitrogen and oxygen atoms in total. The van der Waals surface area contributed by atoms with E-state index in [1.165, 1.54) is 6.07 Å². The molecule has 1 aliphatic carbocycles. The predicted molar refractivity (Wildman–Crippen MR) is 93.9 cm³/mol. The number of anilines is 1. The molecule has 0 bridgehead atoms. The number of hydrogen-bond donors (Lipinski definition) is 2. The molecule has 2 N–H and O–H groups in total. The Kier molecular flexibility index (Phi) is 4.24. The first-order valence-electron chi connectivity index (χ1n) is 8.75. The third kappa shape index (κ3) is 3.35. The number of nitrogens with one attached hydrogen (secondary N) is 2. The van der Waals surface area contributed by atoms with E-state index >= 15 is 0 Å². The summed E-state index contributed by atoms with van der Waals surface area (Å²) in [5, 5.41) is 2.73. The van der Waals surface area contributed by atoms with Crippen LogP contribution in [-0.2, 0) is 4.79 Å². The van der Waals surface area contributed by atoms with Crippen LogP contribution in [0.5, 0.6) is 0 Å². The van der Waals surface area contributed by atoms with Crippen LogP contribution >= 0.6 is 0 Å². The van der Waals surface area contributed by atoms with Crippen LogP contribution in [0.15, 0.2) is 35.4 Å². The summed E-state index contributed by atoms with van der Waals surface area (Å²) in [6.07, 6.45) is 6.53. The molecule has 1 saturated heterocycles. The van der Waals surface area contributed by atoms with E-state index in [1.807, 2.05) is 6.07 Å². The summed E-state index contributed by atoms with van der Waals surface area (Å²) in [7, 11) is 0. The molecule has 2 amide bonds. The molecule has 2 aromatic heterocycles. The number of hydrogen-bond acceptors (Lipinski definition) is 5. The quantitative estimate of drug-likeness (QED) is 0.851. The van der Waals surface area contributed by atoms with E-state index in [1.54, 1.807) is 23.4 Å². The molecule has 2 aliphatic rings. The molecule has 3 heterocycles. The van der Waals surface area contributed by atoms with E-state index in [2.05, 4.69) is 20.3 Å². The second-order valence-electron chi connectivity index (χ2n) is 6.66. The molecule has 0 radical (unpaired) electrons. The van der Waals surface area contributed by atoms with Crippen molar-refractivity contribution in [2.75, 3.05) is 11.4 Å². The van der Waals surface area contributed by atoms with Gasteiger partial charge in [-0.2, -0.15) is 0 Å². The fourth-order valence-corrected chi connectivity index (χ4v) is 3.15. The zero-order valence-electron chi connectivity index (χ0n) is 14.1. The summed E-state index contributed by atoms with van der Waals surface area (Å²) in [6, 6.07) is 4.12. The van der Waals surface area contributed by atoms with Gasteiger partial charge in [-0.25, -0.2) is 4.98 Å². The molecule has 26 heavy (non-hydrogen) atoms. The molecule has 1 atom stereocenters. The van der Waals surface area contributed by atoms with Crippen LogP contribution in [0.4, 0.5) is 5.69 Å². The average molecular weight is 353 g/mol. The summed E-state index contributed by atoms with van der Waals surface area (Å²) in [6.45, 7) is 0.589. The van der Waals surface area contributed by atoms with E-state index in [4.69, 9.17) is 0 Å². The Balaban J connectivity index is 1.50. The number of aromatic amines is 1. The highest BCUT2D eigenvalue weighted by atomic mass is 16.2. The summed E-state index contributed by atoms with van der Waals surface area (Å²) in [5.74, 6) is 0.108. The number of rotatable bonds is 4. The summed E-state index contributed by atoms with van der Waals surface area (Å²) in [4.78, 5) is 49.7. The molecule has 1 saturated carbocycles. The zero-order valence-corrected chi connectivity index (χ0v) is 14.1. The monoisotopic (exact) mass is 353 g/mol. The number of piperidine rings is 1. The highest BCUT2D eigenvalue weighted by Gasteiger charge is 2.32. The molecule has 1 unspecified atom stereocenters. The number of H-pyrrole nitrogens is 1. The third-order valence-corrected chi connectivity index (χ3v) is 4.66. The number of nitrogens with zero attached hydrogens (tertiary/aromatic N) is 3. The molecule has 0 spiro atoms. The number of amides is 2. The second kappa shape index (κ2) is 6.70. The fraction of sp³-hybridized carbons (Fsp3) is 0.389. The van der Waals surface area contributed by atoms with Gasteiger partial charge in [0, 0.05) is 24.7 Å². The van der Waals surface area contributed by atoms with Gasteiger partial charge in [-0.3, -0.25) is 19.4 Å². The minimum Gasteiger partial charge on any atom is -0.339 e. The topological polar surface area (TPSA) is 108 Å². The molecule has 134 valence electrons. The van der Waals surface area contributed by atoms with Crippen LogP contribution in [-0.4, -0.2) is 39.4 Å².